The van der Waals surface area contributed by atoms with Crippen LogP contribution in [0.25, 0.3) is 0 Å². The van der Waals surface area contributed by atoms with Crippen LogP contribution in [-0.4, -0.2) is 42.6 Å². The Kier molecular flexibility index (Phi) is 7.00. The Morgan fingerprint density at radius 1 is 1.39 bits per heavy atom. The molecular formula is C17H24Cl2N2O2. The molecular weight excluding hydrogens is 335 g/mol. The molecule has 23 heavy (non-hydrogen) atoms. The minimum atomic E-state index is -0.611. The van der Waals surface area contributed by atoms with Crippen molar-refractivity contribution in [1.82, 2.24) is 10.2 Å². The monoisotopic (exact) mass is 358 g/mol. The summed E-state index contributed by atoms with van der Waals surface area (Å²) in [4.78, 5) is 14.7. The second kappa shape index (κ2) is 8.76. The van der Waals surface area contributed by atoms with Crippen LogP contribution in [0.4, 0.5) is 0 Å². The summed E-state index contributed by atoms with van der Waals surface area (Å²) in [6.45, 7) is 7.11. The first-order chi connectivity index (χ1) is 11.0. The number of carbonyl (C=O) groups excluding carboxylic acids is 1. The van der Waals surface area contributed by atoms with Gasteiger partial charge in [-0.3, -0.25) is 4.79 Å². The van der Waals surface area contributed by atoms with Gasteiger partial charge in [-0.2, -0.15) is 0 Å². The Morgan fingerprint density at radius 2 is 2.09 bits per heavy atom. The van der Waals surface area contributed by atoms with E-state index in [1.54, 1.807) is 25.1 Å². The number of carbonyl (C=O) groups is 1. The van der Waals surface area contributed by atoms with Gasteiger partial charge in [-0.25, -0.2) is 0 Å². The van der Waals surface area contributed by atoms with Crippen molar-refractivity contribution in [2.75, 3.05) is 19.6 Å². The Morgan fingerprint density at radius 3 is 2.74 bits per heavy atom. The smallest absolute Gasteiger partial charge is 0.260 e. The molecule has 1 saturated heterocycles. The minimum Gasteiger partial charge on any atom is -0.479 e. The van der Waals surface area contributed by atoms with E-state index >= 15 is 0 Å². The third-order valence-corrected chi connectivity index (χ3v) is 4.59. The van der Waals surface area contributed by atoms with Gasteiger partial charge in [0.25, 0.3) is 5.91 Å². The van der Waals surface area contributed by atoms with Crippen LogP contribution in [0, 0.1) is 0 Å². The van der Waals surface area contributed by atoms with Crippen LogP contribution in [0.15, 0.2) is 18.2 Å². The van der Waals surface area contributed by atoms with Gasteiger partial charge in [0.15, 0.2) is 6.10 Å². The molecule has 1 aliphatic heterocycles. The van der Waals surface area contributed by atoms with E-state index in [0.717, 1.165) is 32.5 Å². The summed E-state index contributed by atoms with van der Waals surface area (Å²) < 4.78 is 5.65. The predicted molar refractivity (Wildman–Crippen MR) is 94.4 cm³/mol. The molecule has 0 bridgehead atoms. The number of piperidine rings is 1. The largest absolute Gasteiger partial charge is 0.479 e. The van der Waals surface area contributed by atoms with Gasteiger partial charge in [-0.15, -0.1) is 0 Å². The van der Waals surface area contributed by atoms with E-state index in [1.807, 2.05) is 0 Å². The highest BCUT2D eigenvalue weighted by Gasteiger charge is 2.23. The first kappa shape index (κ1) is 18.4. The SMILES string of the molecule is CCCN1CCC(NC(=O)[C@@H](C)Oc2cc(Cl)ccc2Cl)CC1. The van der Waals surface area contributed by atoms with Crippen molar-refractivity contribution >= 4 is 29.1 Å². The van der Waals surface area contributed by atoms with Crippen molar-refractivity contribution in [3.05, 3.63) is 28.2 Å². The molecule has 0 radical (unpaired) electrons. The molecule has 1 aromatic carbocycles. The zero-order valence-electron chi connectivity index (χ0n) is 13.6. The maximum absolute atomic E-state index is 12.3. The summed E-state index contributed by atoms with van der Waals surface area (Å²) in [5, 5.41) is 4.04. The lowest BCUT2D eigenvalue weighted by atomic mass is 10.0. The van der Waals surface area contributed by atoms with Crippen LogP contribution in [0.5, 0.6) is 5.75 Å². The van der Waals surface area contributed by atoms with Crippen molar-refractivity contribution in [2.45, 2.75) is 45.3 Å². The van der Waals surface area contributed by atoms with E-state index in [4.69, 9.17) is 27.9 Å². The van der Waals surface area contributed by atoms with Crippen molar-refractivity contribution in [3.63, 3.8) is 0 Å². The Hall–Kier alpha value is -0.970. The highest BCUT2D eigenvalue weighted by atomic mass is 35.5. The second-order valence-corrected chi connectivity index (χ2v) is 6.80. The summed E-state index contributed by atoms with van der Waals surface area (Å²) >= 11 is 12.0. The van der Waals surface area contributed by atoms with Gasteiger partial charge >= 0.3 is 0 Å². The van der Waals surface area contributed by atoms with Gasteiger partial charge in [0.1, 0.15) is 5.75 Å². The number of rotatable bonds is 6. The molecule has 0 spiro atoms. The number of nitrogens with zero attached hydrogens (tertiary/aromatic N) is 1. The van der Waals surface area contributed by atoms with E-state index in [9.17, 15) is 4.79 Å². The number of hydrogen-bond donors (Lipinski definition) is 1. The number of likely N-dealkylation sites (tertiary alicyclic amines) is 1. The van der Waals surface area contributed by atoms with Gasteiger partial charge in [0, 0.05) is 30.2 Å². The lowest BCUT2D eigenvalue weighted by Gasteiger charge is -2.32. The number of amides is 1. The molecule has 128 valence electrons. The third kappa shape index (κ3) is 5.55. The van der Waals surface area contributed by atoms with Crippen LogP contribution in [0.3, 0.4) is 0 Å². The highest BCUT2D eigenvalue weighted by Crippen LogP contribution is 2.28. The van der Waals surface area contributed by atoms with Crippen LogP contribution in [0.2, 0.25) is 10.0 Å². The molecule has 1 aliphatic rings. The summed E-state index contributed by atoms with van der Waals surface area (Å²) in [5.74, 6) is 0.314. The topological polar surface area (TPSA) is 41.6 Å². The first-order valence-corrected chi connectivity index (χ1v) is 8.89. The van der Waals surface area contributed by atoms with Crippen molar-refractivity contribution < 1.29 is 9.53 Å². The molecule has 0 aromatic heterocycles. The fourth-order valence-corrected chi connectivity index (χ4v) is 3.07. The summed E-state index contributed by atoms with van der Waals surface area (Å²) in [6, 6.07) is 5.19. The summed E-state index contributed by atoms with van der Waals surface area (Å²) in [5.41, 5.74) is 0. The molecule has 2 rings (SSSR count). The average molecular weight is 359 g/mol. The van der Waals surface area contributed by atoms with Crippen molar-refractivity contribution in [2.24, 2.45) is 0 Å². The molecule has 1 atom stereocenters. The zero-order chi connectivity index (χ0) is 16.8. The van der Waals surface area contributed by atoms with E-state index < -0.39 is 6.10 Å². The first-order valence-electron chi connectivity index (χ1n) is 8.14. The van der Waals surface area contributed by atoms with E-state index in [-0.39, 0.29) is 11.9 Å². The maximum atomic E-state index is 12.3. The molecule has 0 aliphatic carbocycles. The third-order valence-electron chi connectivity index (χ3n) is 4.04. The number of halogens is 2. The van der Waals surface area contributed by atoms with Crippen LogP contribution in [0.1, 0.15) is 33.1 Å². The standard InChI is InChI=1S/C17H24Cl2N2O2/c1-3-8-21-9-6-14(7-10-21)20-17(22)12(2)23-16-11-13(18)4-5-15(16)19/h4-5,11-12,14H,3,6-10H2,1-2H3,(H,20,22)/t12-/m1/s1. The lowest BCUT2D eigenvalue weighted by molar-refractivity contribution is -0.128. The number of ether oxygens (including phenoxy) is 1. The van der Waals surface area contributed by atoms with Crippen LogP contribution in [-0.2, 0) is 4.79 Å². The van der Waals surface area contributed by atoms with Gasteiger partial charge in [0.2, 0.25) is 0 Å². The number of nitrogens with one attached hydrogen (secondary N) is 1. The Balaban J connectivity index is 1.82. The van der Waals surface area contributed by atoms with Gasteiger partial charge in [0.05, 0.1) is 5.02 Å². The molecule has 0 saturated carbocycles. The molecule has 0 unspecified atom stereocenters. The molecule has 1 heterocycles. The second-order valence-electron chi connectivity index (χ2n) is 5.96. The van der Waals surface area contributed by atoms with Crippen molar-refractivity contribution in [3.8, 4) is 5.75 Å². The fraction of sp³-hybridized carbons (Fsp3) is 0.588. The van der Waals surface area contributed by atoms with Gasteiger partial charge in [-0.05, 0) is 44.9 Å². The average Bonchev–Trinajstić information content (AvgIpc) is 2.53. The van der Waals surface area contributed by atoms with E-state index in [2.05, 4.69) is 17.1 Å². The predicted octanol–water partition coefficient (Wildman–Crippen LogP) is 3.75. The van der Waals surface area contributed by atoms with Crippen molar-refractivity contribution in [1.29, 1.82) is 0 Å². The van der Waals surface area contributed by atoms with E-state index in [0.29, 0.717) is 15.8 Å². The minimum absolute atomic E-state index is 0.116. The zero-order valence-corrected chi connectivity index (χ0v) is 15.2. The van der Waals surface area contributed by atoms with E-state index in [1.165, 1.54) is 6.42 Å². The van der Waals surface area contributed by atoms with Crippen LogP contribution >= 0.6 is 23.2 Å². The fourth-order valence-electron chi connectivity index (χ4n) is 2.75. The van der Waals surface area contributed by atoms with Gasteiger partial charge in [-0.1, -0.05) is 30.1 Å². The summed E-state index contributed by atoms with van der Waals surface area (Å²) in [6.07, 6.45) is 2.52. The molecule has 1 fully saturated rings. The number of benzene rings is 1. The highest BCUT2D eigenvalue weighted by molar-refractivity contribution is 6.34. The molecule has 1 N–H and O–H groups in total. The molecule has 1 aromatic rings. The van der Waals surface area contributed by atoms with Crippen LogP contribution < -0.4 is 10.1 Å². The quantitative estimate of drug-likeness (QED) is 0.841. The normalized spacial score (nSPS) is 17.7. The number of hydrogen-bond acceptors (Lipinski definition) is 3. The van der Waals surface area contributed by atoms with Gasteiger partial charge < -0.3 is 15.0 Å². The molecule has 4 nitrogen and oxygen atoms in total. The lowest BCUT2D eigenvalue weighted by Crippen LogP contribution is -2.48. The summed E-state index contributed by atoms with van der Waals surface area (Å²) in [7, 11) is 0. The maximum Gasteiger partial charge on any atom is 0.260 e. The Bertz CT molecular complexity index is 531. The molecule has 6 heteroatoms. The Labute approximate surface area is 148 Å². The molecule has 1 amide bonds.